The van der Waals surface area contributed by atoms with Gasteiger partial charge in [-0.25, -0.2) is 4.79 Å². The van der Waals surface area contributed by atoms with E-state index in [9.17, 15) is 29.4 Å². The van der Waals surface area contributed by atoms with E-state index in [1.807, 2.05) is 100 Å². The van der Waals surface area contributed by atoms with Gasteiger partial charge in [0.05, 0.1) is 18.6 Å². The number of benzene rings is 3. The Bertz CT molecular complexity index is 1420. The number of hydrogen-bond acceptors (Lipinski definition) is 6. The molecule has 0 bridgehead atoms. The zero-order valence-electron chi connectivity index (χ0n) is 26.4. The zero-order chi connectivity index (χ0) is 32.9. The van der Waals surface area contributed by atoms with Crippen LogP contribution >= 0.6 is 0 Å². The monoisotopic (exact) mass is 619 g/mol. The molecule has 0 aliphatic heterocycles. The second-order valence-corrected chi connectivity index (χ2v) is 12.2. The maximum atomic E-state index is 13.8. The summed E-state index contributed by atoms with van der Waals surface area (Å²) in [5.74, 6) is -2.23. The second kappa shape index (κ2) is 17.2. The van der Waals surface area contributed by atoms with Gasteiger partial charge in [-0.15, -0.1) is 0 Å². The predicted molar refractivity (Wildman–Crippen MR) is 172 cm³/mol. The van der Waals surface area contributed by atoms with E-state index in [2.05, 4.69) is 16.0 Å². The lowest BCUT2D eigenvalue weighted by Crippen LogP contribution is -2.57. The number of aliphatic hydroxyl groups is 1. The summed E-state index contributed by atoms with van der Waals surface area (Å²) in [6.45, 7) is 7.64. The molecular formula is C35H45N3O7. The Labute approximate surface area is 264 Å². The molecule has 3 aromatic rings. The lowest BCUT2D eigenvalue weighted by Gasteiger charge is -2.29. The molecule has 3 amide bonds. The number of ether oxygens (including phenoxy) is 1. The molecule has 0 radical (unpaired) electrons. The number of amides is 3. The number of aliphatic hydroxyl groups excluding tert-OH is 1. The summed E-state index contributed by atoms with van der Waals surface area (Å²) in [5.41, 5.74) is 1.62. The molecule has 45 heavy (non-hydrogen) atoms. The highest BCUT2D eigenvalue weighted by molar-refractivity contribution is 5.92. The summed E-state index contributed by atoms with van der Waals surface area (Å²) in [7, 11) is 0. The number of carbonyl (C=O) groups excluding carboxylic acids is 3. The minimum atomic E-state index is -1.30. The lowest BCUT2D eigenvalue weighted by molar-refractivity contribution is -0.140. The molecule has 0 spiro atoms. The van der Waals surface area contributed by atoms with Crippen molar-refractivity contribution < 1.29 is 34.1 Å². The van der Waals surface area contributed by atoms with Gasteiger partial charge in [0, 0.05) is 6.42 Å². The fraction of sp³-hybridized carbons (Fsp3) is 0.429. The van der Waals surface area contributed by atoms with Crippen LogP contribution in [0, 0.1) is 11.8 Å². The largest absolute Gasteiger partial charge is 0.481 e. The van der Waals surface area contributed by atoms with Crippen molar-refractivity contribution in [3.63, 3.8) is 0 Å². The highest BCUT2D eigenvalue weighted by atomic mass is 16.5. The van der Waals surface area contributed by atoms with Gasteiger partial charge in [-0.05, 0) is 46.6 Å². The van der Waals surface area contributed by atoms with Gasteiger partial charge in [0.15, 0.2) is 0 Å². The van der Waals surface area contributed by atoms with E-state index >= 15 is 0 Å². The van der Waals surface area contributed by atoms with Crippen LogP contribution in [0.1, 0.15) is 58.1 Å². The number of nitrogens with one attached hydrogen (secondary N) is 3. The summed E-state index contributed by atoms with van der Waals surface area (Å²) < 4.78 is 5.41. The van der Waals surface area contributed by atoms with E-state index in [1.54, 1.807) is 0 Å². The number of carboxylic acid groups (broad SMARTS) is 1. The van der Waals surface area contributed by atoms with Gasteiger partial charge < -0.3 is 30.9 Å². The molecular weight excluding hydrogens is 574 g/mol. The van der Waals surface area contributed by atoms with Gasteiger partial charge in [-0.3, -0.25) is 14.4 Å². The summed E-state index contributed by atoms with van der Waals surface area (Å²) in [6.07, 6.45) is -1.85. The van der Waals surface area contributed by atoms with Crippen LogP contribution in [0.2, 0.25) is 0 Å². The van der Waals surface area contributed by atoms with Crippen LogP contribution in [0.15, 0.2) is 72.8 Å². The van der Waals surface area contributed by atoms with Crippen molar-refractivity contribution in [2.24, 2.45) is 11.8 Å². The first-order chi connectivity index (χ1) is 21.4. The lowest BCUT2D eigenvalue weighted by atomic mass is 9.95. The normalized spacial score (nSPS) is 13.9. The van der Waals surface area contributed by atoms with Crippen LogP contribution in [-0.4, -0.2) is 58.3 Å². The summed E-state index contributed by atoms with van der Waals surface area (Å²) >= 11 is 0. The van der Waals surface area contributed by atoms with E-state index in [1.165, 1.54) is 0 Å². The van der Waals surface area contributed by atoms with Crippen LogP contribution in [0.25, 0.3) is 10.8 Å². The van der Waals surface area contributed by atoms with Crippen LogP contribution in [0.3, 0.4) is 0 Å². The first-order valence-electron chi connectivity index (χ1n) is 15.4. The van der Waals surface area contributed by atoms with Crippen LogP contribution < -0.4 is 16.0 Å². The van der Waals surface area contributed by atoms with Crippen molar-refractivity contribution in [3.8, 4) is 0 Å². The quantitative estimate of drug-likeness (QED) is 0.157. The van der Waals surface area contributed by atoms with Crippen molar-refractivity contribution in [1.82, 2.24) is 16.0 Å². The highest BCUT2D eigenvalue weighted by Gasteiger charge is 2.31. The molecule has 242 valence electrons. The van der Waals surface area contributed by atoms with Gasteiger partial charge in [0.25, 0.3) is 0 Å². The second-order valence-electron chi connectivity index (χ2n) is 12.2. The first kappa shape index (κ1) is 35.0. The third-order valence-corrected chi connectivity index (χ3v) is 7.37. The number of fused-ring (bicyclic) bond motifs is 1. The maximum Gasteiger partial charge on any atom is 0.408 e. The zero-order valence-corrected chi connectivity index (χ0v) is 26.4. The number of aliphatic carboxylic acids is 1. The number of alkyl carbamates (subject to hydrolysis) is 1. The summed E-state index contributed by atoms with van der Waals surface area (Å²) in [5, 5.41) is 29.9. The third kappa shape index (κ3) is 11.5. The van der Waals surface area contributed by atoms with Crippen LogP contribution in [0.5, 0.6) is 0 Å². The molecule has 0 heterocycles. The van der Waals surface area contributed by atoms with Crippen LogP contribution in [0.4, 0.5) is 4.79 Å². The summed E-state index contributed by atoms with van der Waals surface area (Å²) in [6, 6.07) is 19.7. The van der Waals surface area contributed by atoms with E-state index < -0.39 is 54.5 Å². The standard InChI is InChI=1S/C35H45N3O7/c1-22(2)17-28(31(39)20-32(40)41)36-33(42)29(18-23(3)4)37-34(43)30(38-35(44)45-21-24-11-6-5-7-12-24)19-26-15-10-14-25-13-8-9-16-27(25)26/h5-16,22-23,28-31,39H,17-21H2,1-4H3,(H,36,42)(H,37,43)(H,38,44)(H,40,41)/t28-,29-,30-,31-/m0/s1. The van der Waals surface area contributed by atoms with Crippen molar-refractivity contribution in [3.05, 3.63) is 83.9 Å². The Morgan fingerprint density at radius 1 is 0.733 bits per heavy atom. The molecule has 0 aliphatic carbocycles. The number of carboxylic acids is 1. The van der Waals surface area contributed by atoms with Crippen molar-refractivity contribution >= 4 is 34.6 Å². The number of carbonyl (C=O) groups is 4. The first-order valence-corrected chi connectivity index (χ1v) is 15.4. The molecule has 3 rings (SSSR count). The van der Waals surface area contributed by atoms with Gasteiger partial charge >= 0.3 is 12.1 Å². The predicted octanol–water partition coefficient (Wildman–Crippen LogP) is 4.57. The number of rotatable bonds is 16. The molecule has 0 saturated heterocycles. The van der Waals surface area contributed by atoms with E-state index in [-0.39, 0.29) is 31.3 Å². The molecule has 0 aliphatic rings. The van der Waals surface area contributed by atoms with Crippen LogP contribution in [-0.2, 0) is 32.1 Å². The fourth-order valence-corrected chi connectivity index (χ4v) is 5.21. The number of hydrogen-bond donors (Lipinski definition) is 5. The molecule has 4 atom stereocenters. The minimum Gasteiger partial charge on any atom is -0.481 e. The van der Waals surface area contributed by atoms with Gasteiger partial charge in [-0.1, -0.05) is 100 Å². The van der Waals surface area contributed by atoms with E-state index in [0.717, 1.165) is 21.9 Å². The maximum absolute atomic E-state index is 13.8. The Morgan fingerprint density at radius 2 is 1.36 bits per heavy atom. The molecule has 3 aromatic carbocycles. The van der Waals surface area contributed by atoms with Gasteiger partial charge in [0.1, 0.15) is 18.7 Å². The van der Waals surface area contributed by atoms with Gasteiger partial charge in [-0.2, -0.15) is 0 Å². The Kier molecular flexibility index (Phi) is 13.4. The van der Waals surface area contributed by atoms with Crippen molar-refractivity contribution in [2.75, 3.05) is 0 Å². The third-order valence-electron chi connectivity index (χ3n) is 7.37. The SMILES string of the molecule is CC(C)C[C@H](NC(=O)[C@H](Cc1cccc2ccccc12)NC(=O)OCc1ccccc1)C(=O)N[C@@H](CC(C)C)[C@@H](O)CC(=O)O. The molecule has 0 unspecified atom stereocenters. The molecule has 0 fully saturated rings. The van der Waals surface area contributed by atoms with E-state index in [4.69, 9.17) is 4.74 Å². The topological polar surface area (TPSA) is 154 Å². The Hall–Kier alpha value is -4.44. The van der Waals surface area contributed by atoms with Crippen molar-refractivity contribution in [1.29, 1.82) is 0 Å². The Balaban J connectivity index is 1.83. The molecule has 0 saturated carbocycles. The highest BCUT2D eigenvalue weighted by Crippen LogP contribution is 2.20. The molecule has 5 N–H and O–H groups in total. The Morgan fingerprint density at radius 3 is 2.02 bits per heavy atom. The minimum absolute atomic E-state index is 0.00820. The fourth-order valence-electron chi connectivity index (χ4n) is 5.21. The van der Waals surface area contributed by atoms with Crippen molar-refractivity contribution in [2.45, 2.75) is 84.2 Å². The smallest absolute Gasteiger partial charge is 0.408 e. The van der Waals surface area contributed by atoms with E-state index in [0.29, 0.717) is 6.42 Å². The average Bonchev–Trinajstić information content (AvgIpc) is 2.98. The molecule has 10 heteroatoms. The summed E-state index contributed by atoms with van der Waals surface area (Å²) in [4.78, 5) is 51.6. The van der Waals surface area contributed by atoms with Gasteiger partial charge in [0.2, 0.25) is 11.8 Å². The average molecular weight is 620 g/mol. The molecule has 10 nitrogen and oxygen atoms in total. The molecule has 0 aromatic heterocycles.